The molecule has 1 saturated heterocycles. The second kappa shape index (κ2) is 6.31. The number of anilines is 1. The highest BCUT2D eigenvalue weighted by atomic mass is 31.2. The molecule has 0 radical (unpaired) electrons. The molecule has 0 spiro atoms. The zero-order chi connectivity index (χ0) is 17.5. The van der Waals surface area contributed by atoms with Crippen LogP contribution in [0.15, 0.2) is 12.7 Å². The summed E-state index contributed by atoms with van der Waals surface area (Å²) in [4.78, 5) is 29.8. The number of ether oxygens (including phenoxy) is 1. The Morgan fingerprint density at radius 3 is 2.75 bits per heavy atom. The Morgan fingerprint density at radius 2 is 2.12 bits per heavy atom. The molecule has 0 saturated carbocycles. The third-order valence-corrected chi connectivity index (χ3v) is 4.01. The highest BCUT2D eigenvalue weighted by molar-refractivity contribution is 7.46. The molecule has 13 nitrogen and oxygen atoms in total. The van der Waals surface area contributed by atoms with Crippen molar-refractivity contribution in [1.29, 1.82) is 0 Å². The van der Waals surface area contributed by atoms with E-state index in [1.54, 1.807) is 0 Å². The number of phosphoric acid groups is 1. The Hall–Kier alpha value is -1.70. The normalized spacial score (nSPS) is 27.7. The molecule has 0 aromatic carbocycles. The Kier molecular flexibility index (Phi) is 4.50. The van der Waals surface area contributed by atoms with Crippen LogP contribution in [0.1, 0.15) is 6.23 Å². The van der Waals surface area contributed by atoms with E-state index in [0.29, 0.717) is 0 Å². The van der Waals surface area contributed by atoms with Crippen LogP contribution in [-0.2, 0) is 13.8 Å². The molecule has 24 heavy (non-hydrogen) atoms. The van der Waals surface area contributed by atoms with Crippen LogP contribution < -0.4 is 5.48 Å². The number of imidazole rings is 1. The van der Waals surface area contributed by atoms with Crippen LogP contribution in [0.25, 0.3) is 11.2 Å². The second-order valence-electron chi connectivity index (χ2n) is 4.96. The molecule has 2 aromatic rings. The maximum atomic E-state index is 11.2. The molecular formula is C10H14N5O8P. The van der Waals surface area contributed by atoms with E-state index in [0.717, 1.165) is 6.33 Å². The molecule has 0 unspecified atom stereocenters. The lowest BCUT2D eigenvalue weighted by atomic mass is 10.1. The fourth-order valence-electron chi connectivity index (χ4n) is 2.49. The highest BCUT2D eigenvalue weighted by Gasteiger charge is 2.48. The predicted octanol–water partition coefficient (Wildman–Crippen LogP) is -1.64. The maximum absolute atomic E-state index is 11.2. The van der Waals surface area contributed by atoms with Crippen LogP contribution in [0.5, 0.6) is 0 Å². The van der Waals surface area contributed by atoms with Gasteiger partial charge in [0.1, 0.15) is 24.6 Å². The van der Waals surface area contributed by atoms with Crippen LogP contribution in [0.4, 0.5) is 5.82 Å². The van der Waals surface area contributed by atoms with Crippen molar-refractivity contribution in [3.8, 4) is 0 Å². The zero-order valence-electron chi connectivity index (χ0n) is 11.9. The zero-order valence-corrected chi connectivity index (χ0v) is 12.8. The van der Waals surface area contributed by atoms with E-state index in [9.17, 15) is 14.8 Å². The maximum Gasteiger partial charge on any atom is 0.470 e. The first kappa shape index (κ1) is 17.1. The van der Waals surface area contributed by atoms with Gasteiger partial charge in [-0.3, -0.25) is 19.8 Å². The van der Waals surface area contributed by atoms with E-state index in [1.807, 2.05) is 5.48 Å². The fraction of sp³-hybridized carbons (Fsp3) is 0.500. The number of nitrogens with zero attached hydrogens (tertiary/aromatic N) is 4. The van der Waals surface area contributed by atoms with E-state index < -0.39 is 39.0 Å². The highest BCUT2D eigenvalue weighted by Crippen LogP contribution is 2.45. The smallest absolute Gasteiger partial charge is 0.394 e. The van der Waals surface area contributed by atoms with Crippen molar-refractivity contribution < 1.29 is 39.0 Å². The van der Waals surface area contributed by atoms with Gasteiger partial charge in [-0.15, -0.1) is 0 Å². The molecule has 2 aromatic heterocycles. The average molecular weight is 363 g/mol. The van der Waals surface area contributed by atoms with Crippen LogP contribution in [0.3, 0.4) is 0 Å². The molecular weight excluding hydrogens is 349 g/mol. The van der Waals surface area contributed by atoms with Crippen molar-refractivity contribution in [2.45, 2.75) is 24.5 Å². The number of hydrogen-bond acceptors (Lipinski definition) is 10. The molecule has 1 aliphatic rings. The average Bonchev–Trinajstić information content (AvgIpc) is 3.08. The van der Waals surface area contributed by atoms with E-state index in [2.05, 4.69) is 19.5 Å². The second-order valence-corrected chi connectivity index (χ2v) is 6.15. The van der Waals surface area contributed by atoms with Crippen molar-refractivity contribution in [3.63, 3.8) is 0 Å². The van der Waals surface area contributed by atoms with Crippen LogP contribution in [-0.4, -0.2) is 69.6 Å². The van der Waals surface area contributed by atoms with Gasteiger partial charge in [0.05, 0.1) is 12.9 Å². The summed E-state index contributed by atoms with van der Waals surface area (Å²) in [7, 11) is -4.94. The van der Waals surface area contributed by atoms with Gasteiger partial charge in [-0.25, -0.2) is 19.5 Å². The quantitative estimate of drug-likeness (QED) is 0.262. The summed E-state index contributed by atoms with van der Waals surface area (Å²) in [5.41, 5.74) is 2.14. The molecule has 6 N–H and O–H groups in total. The standard InChI is InChI=1S/C10H14N5O8P/c16-1-4-6(17)7(23-24(19,20)21)10(22-4)15-3-13-5-8(14-18)11-2-12-9(5)15/h2-4,6-7,10,16-18H,1H2,(H,11,12,14)(H2,19,20,21)/t4-,6-,7+,10-/m1/s1. The van der Waals surface area contributed by atoms with E-state index >= 15 is 0 Å². The first-order valence-electron chi connectivity index (χ1n) is 6.61. The fourth-order valence-corrected chi connectivity index (χ4v) is 3.03. The topological polar surface area (TPSA) is 192 Å². The largest absolute Gasteiger partial charge is 0.470 e. The Bertz CT molecular complexity index is 780. The van der Waals surface area contributed by atoms with Gasteiger partial charge in [0.15, 0.2) is 23.2 Å². The monoisotopic (exact) mass is 363 g/mol. The lowest BCUT2D eigenvalue weighted by molar-refractivity contribution is -0.0505. The summed E-state index contributed by atoms with van der Waals surface area (Å²) in [6.45, 7) is -0.594. The number of phosphoric ester groups is 1. The number of aliphatic hydroxyl groups is 2. The summed E-state index contributed by atoms with van der Waals surface area (Å²) in [6.07, 6.45) is -3.00. The minimum Gasteiger partial charge on any atom is -0.394 e. The molecule has 0 aliphatic carbocycles. The van der Waals surface area contributed by atoms with Gasteiger partial charge in [-0.05, 0) is 0 Å². The van der Waals surface area contributed by atoms with Gasteiger partial charge in [-0.2, -0.15) is 0 Å². The number of aliphatic hydroxyl groups excluding tert-OH is 2. The number of nitrogens with one attached hydrogen (secondary N) is 1. The van der Waals surface area contributed by atoms with Crippen molar-refractivity contribution in [1.82, 2.24) is 19.5 Å². The van der Waals surface area contributed by atoms with Gasteiger partial charge in [0.2, 0.25) is 0 Å². The Labute approximate surface area is 133 Å². The number of fused-ring (bicyclic) bond motifs is 1. The molecule has 3 rings (SSSR count). The van der Waals surface area contributed by atoms with Crippen molar-refractivity contribution in [3.05, 3.63) is 12.7 Å². The summed E-state index contributed by atoms with van der Waals surface area (Å²) < 4.78 is 22.4. The number of aromatic nitrogens is 4. The third kappa shape index (κ3) is 2.99. The molecule has 132 valence electrons. The molecule has 0 amide bonds. The predicted molar refractivity (Wildman–Crippen MR) is 74.7 cm³/mol. The van der Waals surface area contributed by atoms with Crippen molar-refractivity contribution in [2.24, 2.45) is 0 Å². The van der Waals surface area contributed by atoms with Gasteiger partial charge in [0.25, 0.3) is 0 Å². The molecule has 1 aliphatic heterocycles. The Morgan fingerprint density at radius 1 is 1.38 bits per heavy atom. The van der Waals surface area contributed by atoms with Crippen molar-refractivity contribution in [2.75, 3.05) is 12.1 Å². The SMILES string of the molecule is O=P(O)(O)O[C@H]1[C@H](O)[C@@H](CO)O[C@H]1n1cnc2c(NO)ncnc21. The number of rotatable bonds is 5. The van der Waals surface area contributed by atoms with Crippen LogP contribution in [0, 0.1) is 0 Å². The van der Waals surface area contributed by atoms with Crippen LogP contribution >= 0.6 is 7.82 Å². The van der Waals surface area contributed by atoms with Gasteiger partial charge < -0.3 is 24.7 Å². The first-order chi connectivity index (χ1) is 11.4. The van der Waals surface area contributed by atoms with E-state index in [1.165, 1.54) is 10.9 Å². The van der Waals surface area contributed by atoms with Crippen LogP contribution in [0.2, 0.25) is 0 Å². The molecule has 14 heteroatoms. The van der Waals surface area contributed by atoms with E-state index in [4.69, 9.17) is 19.7 Å². The number of hydrogen-bond donors (Lipinski definition) is 6. The lowest BCUT2D eigenvalue weighted by Gasteiger charge is -2.22. The van der Waals surface area contributed by atoms with Crippen molar-refractivity contribution >= 4 is 24.8 Å². The summed E-state index contributed by atoms with van der Waals surface area (Å²) in [5.74, 6) is 0.00320. The van der Waals surface area contributed by atoms with Gasteiger partial charge >= 0.3 is 7.82 Å². The minimum atomic E-state index is -4.94. The molecule has 0 bridgehead atoms. The van der Waals surface area contributed by atoms with E-state index in [-0.39, 0.29) is 17.0 Å². The Balaban J connectivity index is 2.04. The summed E-state index contributed by atoms with van der Waals surface area (Å²) in [6, 6.07) is 0. The summed E-state index contributed by atoms with van der Waals surface area (Å²) >= 11 is 0. The van der Waals surface area contributed by atoms with Gasteiger partial charge in [-0.1, -0.05) is 0 Å². The minimum absolute atomic E-state index is 0.00320. The third-order valence-electron chi connectivity index (χ3n) is 3.49. The molecule has 4 atom stereocenters. The first-order valence-corrected chi connectivity index (χ1v) is 8.14. The lowest BCUT2D eigenvalue weighted by Crippen LogP contribution is -2.34. The molecule has 3 heterocycles. The summed E-state index contributed by atoms with van der Waals surface area (Å²) in [5, 5.41) is 28.3. The molecule has 1 fully saturated rings. The van der Waals surface area contributed by atoms with Gasteiger partial charge in [0, 0.05) is 0 Å².